The fourth-order valence-corrected chi connectivity index (χ4v) is 2.28. The van der Waals surface area contributed by atoms with Gasteiger partial charge in [-0.1, -0.05) is 0 Å². The predicted octanol–water partition coefficient (Wildman–Crippen LogP) is 1.43. The van der Waals surface area contributed by atoms with Crippen LogP contribution in [0.1, 0.15) is 38.2 Å². The van der Waals surface area contributed by atoms with E-state index >= 15 is 0 Å². The molecule has 0 saturated heterocycles. The Kier molecular flexibility index (Phi) is 7.03. The number of rotatable bonds is 9. The third kappa shape index (κ3) is 6.38. The molecular weight excluding hydrogens is 294 g/mol. The van der Waals surface area contributed by atoms with Gasteiger partial charge in [0.25, 0.3) is 0 Å². The molecule has 23 heavy (non-hydrogen) atoms. The van der Waals surface area contributed by atoms with Crippen molar-refractivity contribution in [3.63, 3.8) is 0 Å². The highest BCUT2D eigenvalue weighted by atomic mass is 16.5. The van der Waals surface area contributed by atoms with Crippen molar-refractivity contribution in [2.75, 3.05) is 19.7 Å². The van der Waals surface area contributed by atoms with Crippen LogP contribution in [0.25, 0.3) is 0 Å². The number of benzene rings is 1. The lowest BCUT2D eigenvalue weighted by Crippen LogP contribution is -2.25. The molecule has 0 spiro atoms. The summed E-state index contributed by atoms with van der Waals surface area (Å²) in [5, 5.41) is 16.4. The van der Waals surface area contributed by atoms with E-state index in [1.165, 1.54) is 0 Å². The molecule has 0 bridgehead atoms. The SMILES string of the molecule is C[C@H](O)CNCCCCOc1ccc(C2=NNC(=O)CC2)cc1. The van der Waals surface area contributed by atoms with Gasteiger partial charge >= 0.3 is 0 Å². The van der Waals surface area contributed by atoms with E-state index in [1.54, 1.807) is 6.92 Å². The van der Waals surface area contributed by atoms with Gasteiger partial charge in [-0.2, -0.15) is 5.10 Å². The molecule has 1 aromatic rings. The van der Waals surface area contributed by atoms with Crippen LogP contribution in [0, 0.1) is 0 Å². The number of aliphatic hydroxyl groups is 1. The second-order valence-corrected chi connectivity index (χ2v) is 5.73. The summed E-state index contributed by atoms with van der Waals surface area (Å²) in [6.07, 6.45) is 2.84. The zero-order valence-corrected chi connectivity index (χ0v) is 13.5. The molecule has 1 aromatic carbocycles. The molecule has 126 valence electrons. The van der Waals surface area contributed by atoms with Crippen LogP contribution in [0.3, 0.4) is 0 Å². The molecule has 1 amide bonds. The fraction of sp³-hybridized carbons (Fsp3) is 0.529. The van der Waals surface area contributed by atoms with Crippen molar-refractivity contribution in [2.24, 2.45) is 5.10 Å². The summed E-state index contributed by atoms with van der Waals surface area (Å²) in [6, 6.07) is 7.80. The molecule has 6 heteroatoms. The van der Waals surface area contributed by atoms with Gasteiger partial charge in [-0.25, -0.2) is 5.43 Å². The molecule has 6 nitrogen and oxygen atoms in total. The molecule has 0 radical (unpaired) electrons. The second-order valence-electron chi connectivity index (χ2n) is 5.73. The summed E-state index contributed by atoms with van der Waals surface area (Å²) in [7, 11) is 0. The number of aliphatic hydroxyl groups excluding tert-OH is 1. The van der Waals surface area contributed by atoms with E-state index < -0.39 is 0 Å². The number of hydrogen-bond acceptors (Lipinski definition) is 5. The standard InChI is InChI=1S/C17H25N3O3/c1-13(21)12-18-10-2-3-11-23-15-6-4-14(5-7-15)16-8-9-17(22)20-19-16/h4-7,13,18,21H,2-3,8-12H2,1H3,(H,20,22)/t13-/m0/s1. The van der Waals surface area contributed by atoms with E-state index in [1.807, 2.05) is 24.3 Å². The van der Waals surface area contributed by atoms with Crippen LogP contribution >= 0.6 is 0 Å². The minimum absolute atomic E-state index is 0.0309. The van der Waals surface area contributed by atoms with E-state index in [0.29, 0.717) is 26.0 Å². The maximum absolute atomic E-state index is 11.1. The molecule has 1 aliphatic rings. The maximum atomic E-state index is 11.1. The fourth-order valence-electron chi connectivity index (χ4n) is 2.28. The average Bonchev–Trinajstić information content (AvgIpc) is 2.55. The van der Waals surface area contributed by atoms with Crippen LogP contribution in [0.2, 0.25) is 0 Å². The van der Waals surface area contributed by atoms with Crippen LogP contribution in [-0.4, -0.2) is 42.5 Å². The van der Waals surface area contributed by atoms with Gasteiger partial charge in [0, 0.05) is 19.4 Å². The minimum Gasteiger partial charge on any atom is -0.494 e. The van der Waals surface area contributed by atoms with Crippen molar-refractivity contribution in [3.05, 3.63) is 29.8 Å². The van der Waals surface area contributed by atoms with Crippen molar-refractivity contribution in [2.45, 2.75) is 38.7 Å². The zero-order chi connectivity index (χ0) is 16.5. The first-order chi connectivity index (χ1) is 11.1. The first-order valence-electron chi connectivity index (χ1n) is 8.12. The summed E-state index contributed by atoms with van der Waals surface area (Å²) in [5.74, 6) is 0.808. The largest absolute Gasteiger partial charge is 0.494 e. The zero-order valence-electron chi connectivity index (χ0n) is 13.5. The Morgan fingerprint density at radius 3 is 2.74 bits per heavy atom. The Labute approximate surface area is 136 Å². The summed E-state index contributed by atoms with van der Waals surface area (Å²) in [4.78, 5) is 11.1. The lowest BCUT2D eigenvalue weighted by Gasteiger charge is -2.12. The predicted molar refractivity (Wildman–Crippen MR) is 89.6 cm³/mol. The van der Waals surface area contributed by atoms with Gasteiger partial charge in [-0.3, -0.25) is 4.79 Å². The van der Waals surface area contributed by atoms with E-state index in [0.717, 1.165) is 36.4 Å². The number of hydrazone groups is 1. The van der Waals surface area contributed by atoms with Crippen molar-refractivity contribution in [1.29, 1.82) is 0 Å². The lowest BCUT2D eigenvalue weighted by atomic mass is 10.0. The van der Waals surface area contributed by atoms with Crippen molar-refractivity contribution < 1.29 is 14.6 Å². The number of carbonyl (C=O) groups is 1. The Morgan fingerprint density at radius 2 is 2.09 bits per heavy atom. The highest BCUT2D eigenvalue weighted by Crippen LogP contribution is 2.16. The number of carbonyl (C=O) groups excluding carboxylic acids is 1. The molecule has 1 aliphatic heterocycles. The monoisotopic (exact) mass is 319 g/mol. The number of nitrogens with one attached hydrogen (secondary N) is 2. The molecule has 2 rings (SSSR count). The Morgan fingerprint density at radius 1 is 1.30 bits per heavy atom. The molecule has 0 fully saturated rings. The third-order valence-corrected chi connectivity index (χ3v) is 3.55. The molecule has 3 N–H and O–H groups in total. The number of ether oxygens (including phenoxy) is 1. The normalized spacial score (nSPS) is 15.7. The lowest BCUT2D eigenvalue weighted by molar-refractivity contribution is -0.121. The molecular formula is C17H25N3O3. The second kappa shape index (κ2) is 9.27. The van der Waals surface area contributed by atoms with Crippen molar-refractivity contribution in [1.82, 2.24) is 10.7 Å². The quantitative estimate of drug-likeness (QED) is 0.601. The number of amides is 1. The van der Waals surface area contributed by atoms with E-state index in [2.05, 4.69) is 15.8 Å². The average molecular weight is 319 g/mol. The number of hydrogen-bond donors (Lipinski definition) is 3. The van der Waals surface area contributed by atoms with Gasteiger partial charge in [0.15, 0.2) is 0 Å². The first kappa shape index (κ1) is 17.4. The first-order valence-corrected chi connectivity index (χ1v) is 8.12. The van der Waals surface area contributed by atoms with Crippen LogP contribution in [-0.2, 0) is 4.79 Å². The van der Waals surface area contributed by atoms with Gasteiger partial charge in [0.1, 0.15) is 5.75 Å². The van der Waals surface area contributed by atoms with Gasteiger partial charge in [-0.05, 0) is 56.1 Å². The van der Waals surface area contributed by atoms with Crippen LogP contribution in [0.5, 0.6) is 5.75 Å². The Hall–Kier alpha value is -1.92. The van der Waals surface area contributed by atoms with Gasteiger partial charge < -0.3 is 15.2 Å². The number of nitrogens with zero attached hydrogens (tertiary/aromatic N) is 1. The molecule has 0 saturated carbocycles. The topological polar surface area (TPSA) is 82.9 Å². The highest BCUT2D eigenvalue weighted by molar-refractivity contribution is 6.04. The highest BCUT2D eigenvalue weighted by Gasteiger charge is 2.12. The maximum Gasteiger partial charge on any atom is 0.240 e. The van der Waals surface area contributed by atoms with Gasteiger partial charge in [0.2, 0.25) is 5.91 Å². The van der Waals surface area contributed by atoms with Crippen LogP contribution < -0.4 is 15.5 Å². The smallest absolute Gasteiger partial charge is 0.240 e. The van der Waals surface area contributed by atoms with Crippen molar-refractivity contribution >= 4 is 11.6 Å². The summed E-state index contributed by atoms with van der Waals surface area (Å²) in [5.41, 5.74) is 4.42. The van der Waals surface area contributed by atoms with Gasteiger partial charge in [0.05, 0.1) is 18.4 Å². The summed E-state index contributed by atoms with van der Waals surface area (Å²) >= 11 is 0. The Bertz CT molecular complexity index is 526. The Balaban J connectivity index is 1.66. The summed E-state index contributed by atoms with van der Waals surface area (Å²) in [6.45, 7) is 3.96. The van der Waals surface area contributed by atoms with Crippen LogP contribution in [0.4, 0.5) is 0 Å². The van der Waals surface area contributed by atoms with Gasteiger partial charge in [-0.15, -0.1) is 0 Å². The van der Waals surface area contributed by atoms with Crippen molar-refractivity contribution in [3.8, 4) is 5.75 Å². The summed E-state index contributed by atoms with van der Waals surface area (Å²) < 4.78 is 5.71. The van der Waals surface area contributed by atoms with E-state index in [4.69, 9.17) is 9.84 Å². The van der Waals surface area contributed by atoms with E-state index in [-0.39, 0.29) is 12.0 Å². The molecule has 0 unspecified atom stereocenters. The molecule has 0 aliphatic carbocycles. The molecule has 1 heterocycles. The minimum atomic E-state index is -0.299. The van der Waals surface area contributed by atoms with Crippen LogP contribution in [0.15, 0.2) is 29.4 Å². The number of unbranched alkanes of at least 4 members (excludes halogenated alkanes) is 1. The van der Waals surface area contributed by atoms with E-state index in [9.17, 15) is 4.79 Å². The third-order valence-electron chi connectivity index (χ3n) is 3.55. The molecule has 0 aromatic heterocycles. The molecule has 1 atom stereocenters.